The van der Waals surface area contributed by atoms with E-state index in [1.807, 2.05) is 53.6 Å². The van der Waals surface area contributed by atoms with E-state index in [1.54, 1.807) is 17.4 Å². The van der Waals surface area contributed by atoms with Crippen molar-refractivity contribution in [3.63, 3.8) is 0 Å². The zero-order valence-electron chi connectivity index (χ0n) is 21.4. The number of carbonyl (C=O) groups excluding carboxylic acids is 1. The Morgan fingerprint density at radius 1 is 1.16 bits per heavy atom. The summed E-state index contributed by atoms with van der Waals surface area (Å²) < 4.78 is 6.26. The summed E-state index contributed by atoms with van der Waals surface area (Å²) >= 11 is 7.89. The predicted octanol–water partition coefficient (Wildman–Crippen LogP) is 7.25. The second-order valence-electron chi connectivity index (χ2n) is 10.0. The minimum atomic E-state index is -0.737. The third-order valence-electron chi connectivity index (χ3n) is 7.37. The van der Waals surface area contributed by atoms with Gasteiger partial charge >= 0.3 is 5.97 Å². The number of aromatic nitrogens is 1. The first-order chi connectivity index (χ1) is 18.4. The van der Waals surface area contributed by atoms with Crippen molar-refractivity contribution >= 4 is 40.4 Å². The molecular formula is C30H31ClN2O4S. The maximum Gasteiger partial charge on any atom is 0.306 e. The number of aliphatic carboxylic acids is 1. The van der Waals surface area contributed by atoms with Crippen molar-refractivity contribution in [3.8, 4) is 17.0 Å². The van der Waals surface area contributed by atoms with E-state index in [4.69, 9.17) is 21.3 Å². The molecule has 0 bridgehead atoms. The summed E-state index contributed by atoms with van der Waals surface area (Å²) in [6.45, 7) is 4.03. The number of aryl methyl sites for hydroxylation is 1. The second-order valence-corrected chi connectivity index (χ2v) is 11.3. The number of nitrogens with zero attached hydrogens (tertiary/aromatic N) is 2. The van der Waals surface area contributed by atoms with Gasteiger partial charge in [-0.2, -0.15) is 0 Å². The van der Waals surface area contributed by atoms with E-state index >= 15 is 0 Å². The van der Waals surface area contributed by atoms with E-state index in [0.29, 0.717) is 36.6 Å². The number of rotatable bonds is 7. The first-order valence-corrected chi connectivity index (χ1v) is 14.3. The maximum absolute atomic E-state index is 12.9. The minimum absolute atomic E-state index is 0.103. The van der Waals surface area contributed by atoms with Gasteiger partial charge in [-0.05, 0) is 92.5 Å². The molecule has 1 aliphatic carbocycles. The molecule has 0 saturated carbocycles. The number of likely N-dealkylation sites (tertiary alicyclic amines) is 1. The number of thiazole rings is 1. The molecule has 2 aromatic carbocycles. The lowest BCUT2D eigenvalue weighted by Crippen LogP contribution is -2.35. The van der Waals surface area contributed by atoms with Crippen LogP contribution in [0.15, 0.2) is 47.9 Å². The molecule has 1 N–H and O–H groups in total. The molecule has 2 heterocycles. The number of benzene rings is 2. The molecule has 1 aliphatic heterocycles. The molecule has 1 atom stereocenters. The Labute approximate surface area is 231 Å². The van der Waals surface area contributed by atoms with Crippen molar-refractivity contribution < 1.29 is 19.4 Å². The minimum Gasteiger partial charge on any atom is -0.488 e. The quantitative estimate of drug-likeness (QED) is 0.335. The molecule has 0 radical (unpaired) electrons. The monoisotopic (exact) mass is 550 g/mol. The summed E-state index contributed by atoms with van der Waals surface area (Å²) in [6.07, 6.45) is 7.21. The zero-order valence-corrected chi connectivity index (χ0v) is 23.0. The Kier molecular flexibility index (Phi) is 8.15. The fourth-order valence-electron chi connectivity index (χ4n) is 5.05. The molecule has 0 spiro atoms. The molecular weight excluding hydrogens is 520 g/mol. The average Bonchev–Trinajstić information content (AvgIpc) is 3.43. The van der Waals surface area contributed by atoms with Crippen LogP contribution >= 0.6 is 22.9 Å². The molecule has 1 amide bonds. The van der Waals surface area contributed by atoms with Crippen LogP contribution in [0.2, 0.25) is 5.02 Å². The lowest BCUT2D eigenvalue weighted by molar-refractivity contribution is -0.141. The first-order valence-electron chi connectivity index (χ1n) is 13.1. The van der Waals surface area contributed by atoms with E-state index in [-0.39, 0.29) is 11.8 Å². The highest BCUT2D eigenvalue weighted by Gasteiger charge is 2.23. The molecule has 38 heavy (non-hydrogen) atoms. The van der Waals surface area contributed by atoms with Gasteiger partial charge in [-0.1, -0.05) is 23.7 Å². The summed E-state index contributed by atoms with van der Waals surface area (Å²) in [6, 6.07) is 11.3. The number of hydrogen-bond donors (Lipinski definition) is 1. The van der Waals surface area contributed by atoms with Crippen LogP contribution in [0.4, 0.5) is 0 Å². The van der Waals surface area contributed by atoms with Gasteiger partial charge < -0.3 is 14.7 Å². The molecule has 8 heteroatoms. The smallest absolute Gasteiger partial charge is 0.306 e. The Balaban J connectivity index is 1.30. The summed E-state index contributed by atoms with van der Waals surface area (Å²) in [4.78, 5) is 30.9. The standard InChI is InChI=1S/C30H31ClN2O4S/c1-19-15-22(29(34)33-13-3-2-4-14-33)9-10-23(19)17-37-27-12-11-24(31)16-25(27)26-18-38-28(32-26)20-5-7-21(8-6-20)30(35)36/h5,9-12,15-16,18,21H,2-4,6-8,13-14,17H2,1H3,(H,35,36). The van der Waals surface area contributed by atoms with E-state index in [2.05, 4.69) is 0 Å². The van der Waals surface area contributed by atoms with Crippen LogP contribution in [0.5, 0.6) is 5.75 Å². The highest BCUT2D eigenvalue weighted by Crippen LogP contribution is 2.37. The van der Waals surface area contributed by atoms with E-state index in [0.717, 1.165) is 64.5 Å². The van der Waals surface area contributed by atoms with Crippen molar-refractivity contribution in [2.45, 2.75) is 52.1 Å². The Morgan fingerprint density at radius 3 is 2.68 bits per heavy atom. The average molecular weight is 551 g/mol. The zero-order chi connectivity index (χ0) is 26.6. The van der Waals surface area contributed by atoms with E-state index < -0.39 is 5.97 Å². The molecule has 2 aliphatic rings. The van der Waals surface area contributed by atoms with Crippen LogP contribution in [0.3, 0.4) is 0 Å². The van der Waals surface area contributed by atoms with Crippen LogP contribution in [0, 0.1) is 12.8 Å². The first kappa shape index (κ1) is 26.4. The number of piperidine rings is 1. The van der Waals surface area contributed by atoms with Gasteiger partial charge in [0, 0.05) is 34.6 Å². The number of carbonyl (C=O) groups is 2. The molecule has 198 valence electrons. The van der Waals surface area contributed by atoms with Crippen molar-refractivity contribution in [1.29, 1.82) is 0 Å². The molecule has 3 aromatic rings. The highest BCUT2D eigenvalue weighted by atomic mass is 35.5. The van der Waals surface area contributed by atoms with Crippen LogP contribution in [-0.4, -0.2) is 40.0 Å². The van der Waals surface area contributed by atoms with Gasteiger partial charge in [0.1, 0.15) is 17.4 Å². The van der Waals surface area contributed by atoms with Crippen LogP contribution in [0.1, 0.15) is 65.0 Å². The van der Waals surface area contributed by atoms with E-state index in [1.165, 1.54) is 6.42 Å². The van der Waals surface area contributed by atoms with Crippen LogP contribution in [0.25, 0.3) is 16.8 Å². The van der Waals surface area contributed by atoms with Crippen LogP contribution < -0.4 is 4.74 Å². The molecule has 5 rings (SSSR count). The molecule has 1 aromatic heterocycles. The van der Waals surface area contributed by atoms with Crippen molar-refractivity contribution in [1.82, 2.24) is 9.88 Å². The predicted molar refractivity (Wildman–Crippen MR) is 151 cm³/mol. The van der Waals surface area contributed by atoms with Gasteiger partial charge in [-0.3, -0.25) is 9.59 Å². The number of ether oxygens (including phenoxy) is 1. The third-order valence-corrected chi connectivity index (χ3v) is 8.53. The normalized spacial score (nSPS) is 17.7. The summed E-state index contributed by atoms with van der Waals surface area (Å²) in [7, 11) is 0. The Bertz CT molecular complexity index is 1380. The lowest BCUT2D eigenvalue weighted by Gasteiger charge is -2.27. The number of halogens is 1. The fraction of sp³-hybridized carbons (Fsp3) is 0.367. The van der Waals surface area contributed by atoms with Crippen LogP contribution in [-0.2, 0) is 11.4 Å². The molecule has 1 fully saturated rings. The van der Waals surface area contributed by atoms with Gasteiger partial charge in [0.15, 0.2) is 0 Å². The van der Waals surface area contributed by atoms with Gasteiger partial charge in [0.25, 0.3) is 5.91 Å². The fourth-order valence-corrected chi connectivity index (χ4v) is 6.11. The summed E-state index contributed by atoms with van der Waals surface area (Å²) in [5, 5.41) is 12.8. The highest BCUT2D eigenvalue weighted by molar-refractivity contribution is 7.11. The molecule has 1 saturated heterocycles. The van der Waals surface area contributed by atoms with Crippen molar-refractivity contribution in [2.75, 3.05) is 13.1 Å². The molecule has 6 nitrogen and oxygen atoms in total. The second kappa shape index (κ2) is 11.7. The van der Waals surface area contributed by atoms with Gasteiger partial charge in [-0.25, -0.2) is 4.98 Å². The molecule has 1 unspecified atom stereocenters. The Hall–Kier alpha value is -3.16. The number of amides is 1. The van der Waals surface area contributed by atoms with Gasteiger partial charge in [-0.15, -0.1) is 11.3 Å². The maximum atomic E-state index is 12.9. The van der Waals surface area contributed by atoms with E-state index in [9.17, 15) is 14.7 Å². The summed E-state index contributed by atoms with van der Waals surface area (Å²) in [5.74, 6) is -0.264. The van der Waals surface area contributed by atoms with Gasteiger partial charge in [0.2, 0.25) is 0 Å². The third kappa shape index (κ3) is 5.94. The number of carboxylic acids is 1. The van der Waals surface area contributed by atoms with Crippen molar-refractivity contribution in [2.24, 2.45) is 5.92 Å². The number of carboxylic acid groups (broad SMARTS) is 1. The lowest BCUT2D eigenvalue weighted by atomic mass is 9.90. The van der Waals surface area contributed by atoms with Crippen molar-refractivity contribution in [3.05, 3.63) is 74.6 Å². The summed E-state index contributed by atoms with van der Waals surface area (Å²) in [5.41, 5.74) is 5.45. The van der Waals surface area contributed by atoms with Gasteiger partial charge in [0.05, 0.1) is 11.6 Å². The SMILES string of the molecule is Cc1cc(C(=O)N2CCCCC2)ccc1COc1ccc(Cl)cc1-c1csc(C2=CCC(C(=O)O)CC2)n1. The number of hydrogen-bond acceptors (Lipinski definition) is 5. The Morgan fingerprint density at radius 2 is 1.97 bits per heavy atom. The largest absolute Gasteiger partial charge is 0.488 e. The number of allylic oxidation sites excluding steroid dienone is 2. The topological polar surface area (TPSA) is 79.7 Å².